The van der Waals surface area contributed by atoms with Crippen molar-refractivity contribution in [1.29, 1.82) is 0 Å². The van der Waals surface area contributed by atoms with Crippen LogP contribution in [0.25, 0.3) is 0 Å². The van der Waals surface area contributed by atoms with E-state index in [1.807, 2.05) is 0 Å². The molecule has 0 radical (unpaired) electrons. The number of rotatable bonds is 2. The van der Waals surface area contributed by atoms with Gasteiger partial charge in [-0.3, -0.25) is 4.79 Å². The lowest BCUT2D eigenvalue weighted by Gasteiger charge is -2.40. The van der Waals surface area contributed by atoms with Crippen molar-refractivity contribution in [2.75, 3.05) is 13.1 Å². The fraction of sp³-hybridized carbons (Fsp3) is 0.364. The smallest absolute Gasteiger partial charge is 0.257 e. The molecule has 1 saturated heterocycles. The first kappa shape index (κ1) is 10.1. The van der Waals surface area contributed by atoms with Crippen LogP contribution in [0.2, 0.25) is 0 Å². The molecule has 1 atom stereocenters. The Morgan fingerprint density at radius 3 is 2.80 bits per heavy atom. The molecule has 0 aliphatic carbocycles. The molecule has 1 fully saturated rings. The van der Waals surface area contributed by atoms with E-state index in [1.54, 1.807) is 17.0 Å². The molecule has 0 saturated carbocycles. The molecule has 4 heteroatoms. The van der Waals surface area contributed by atoms with Gasteiger partial charge in [0.1, 0.15) is 5.82 Å². The van der Waals surface area contributed by atoms with E-state index in [4.69, 9.17) is 5.73 Å². The van der Waals surface area contributed by atoms with Gasteiger partial charge in [-0.05, 0) is 18.6 Å². The van der Waals surface area contributed by atoms with Crippen molar-refractivity contribution in [1.82, 2.24) is 4.90 Å². The van der Waals surface area contributed by atoms with Gasteiger partial charge in [0, 0.05) is 19.1 Å². The molecule has 1 aromatic carbocycles. The van der Waals surface area contributed by atoms with Crippen LogP contribution in [0.5, 0.6) is 0 Å². The van der Waals surface area contributed by atoms with Crippen LogP contribution in [0.3, 0.4) is 0 Å². The number of hydrogen-bond donors (Lipinski definition) is 1. The van der Waals surface area contributed by atoms with E-state index in [0.29, 0.717) is 13.1 Å². The van der Waals surface area contributed by atoms with E-state index >= 15 is 0 Å². The number of likely N-dealkylation sites (tertiary alicyclic amines) is 1. The van der Waals surface area contributed by atoms with Crippen molar-refractivity contribution in [3.05, 3.63) is 35.6 Å². The van der Waals surface area contributed by atoms with Gasteiger partial charge in [0.05, 0.1) is 5.56 Å². The molecular formula is C11H13FN2O. The number of halogens is 1. The summed E-state index contributed by atoms with van der Waals surface area (Å²) in [4.78, 5) is 13.5. The van der Waals surface area contributed by atoms with Crippen molar-refractivity contribution in [3.8, 4) is 0 Å². The third-order valence-corrected chi connectivity index (χ3v) is 2.78. The number of amides is 1. The summed E-state index contributed by atoms with van der Waals surface area (Å²) >= 11 is 0. The zero-order valence-electron chi connectivity index (χ0n) is 8.32. The second-order valence-corrected chi connectivity index (χ2v) is 3.66. The monoisotopic (exact) mass is 208 g/mol. The van der Waals surface area contributed by atoms with E-state index in [9.17, 15) is 9.18 Å². The summed E-state index contributed by atoms with van der Waals surface area (Å²) in [6, 6.07) is 6.11. The Labute approximate surface area is 87.7 Å². The summed E-state index contributed by atoms with van der Waals surface area (Å²) in [5.41, 5.74) is 5.63. The summed E-state index contributed by atoms with van der Waals surface area (Å²) in [6.07, 6.45) is 0.913. The number of benzene rings is 1. The highest BCUT2D eigenvalue weighted by atomic mass is 19.1. The number of carbonyl (C=O) groups is 1. The van der Waals surface area contributed by atoms with E-state index in [1.165, 1.54) is 12.1 Å². The van der Waals surface area contributed by atoms with E-state index in [0.717, 1.165) is 6.42 Å². The first-order valence-electron chi connectivity index (χ1n) is 4.99. The van der Waals surface area contributed by atoms with Crippen LogP contribution in [-0.2, 0) is 0 Å². The van der Waals surface area contributed by atoms with Crippen molar-refractivity contribution >= 4 is 5.91 Å². The Balaban J connectivity index is 2.18. The number of nitrogens with zero attached hydrogens (tertiary/aromatic N) is 1. The predicted octanol–water partition coefficient (Wildman–Crippen LogP) is 0.999. The third-order valence-electron chi connectivity index (χ3n) is 2.78. The number of carbonyl (C=O) groups excluding carboxylic acids is 1. The second-order valence-electron chi connectivity index (χ2n) is 3.66. The third kappa shape index (κ3) is 1.72. The minimum Gasteiger partial charge on any atom is -0.334 e. The van der Waals surface area contributed by atoms with E-state index in [2.05, 4.69) is 0 Å². The van der Waals surface area contributed by atoms with E-state index in [-0.39, 0.29) is 17.5 Å². The van der Waals surface area contributed by atoms with Gasteiger partial charge < -0.3 is 10.6 Å². The summed E-state index contributed by atoms with van der Waals surface area (Å²) < 4.78 is 13.3. The van der Waals surface area contributed by atoms with Crippen molar-refractivity contribution in [2.24, 2.45) is 5.73 Å². The summed E-state index contributed by atoms with van der Waals surface area (Å²) in [6.45, 7) is 1.12. The fourth-order valence-corrected chi connectivity index (χ4v) is 1.74. The molecule has 1 amide bonds. The van der Waals surface area contributed by atoms with Crippen LogP contribution in [0, 0.1) is 5.82 Å². The fourth-order valence-electron chi connectivity index (χ4n) is 1.74. The van der Waals surface area contributed by atoms with Crippen molar-refractivity contribution < 1.29 is 9.18 Å². The molecule has 0 aromatic heterocycles. The Morgan fingerprint density at radius 1 is 1.53 bits per heavy atom. The lowest BCUT2D eigenvalue weighted by atomic mass is 10.0. The molecule has 0 spiro atoms. The Bertz CT molecular complexity index is 379. The lowest BCUT2D eigenvalue weighted by molar-refractivity contribution is 0.0477. The van der Waals surface area contributed by atoms with Gasteiger partial charge in [0.25, 0.3) is 5.91 Å². The predicted molar refractivity (Wildman–Crippen MR) is 54.9 cm³/mol. The number of hydrogen-bond acceptors (Lipinski definition) is 2. The first-order valence-corrected chi connectivity index (χ1v) is 4.99. The van der Waals surface area contributed by atoms with Gasteiger partial charge in [-0.15, -0.1) is 0 Å². The maximum Gasteiger partial charge on any atom is 0.257 e. The largest absolute Gasteiger partial charge is 0.334 e. The van der Waals surface area contributed by atoms with Crippen LogP contribution in [0.4, 0.5) is 4.39 Å². The number of nitrogens with two attached hydrogens (primary N) is 1. The van der Waals surface area contributed by atoms with Crippen LogP contribution in [-0.4, -0.2) is 29.9 Å². The second kappa shape index (κ2) is 3.98. The Kier molecular flexibility index (Phi) is 2.68. The van der Waals surface area contributed by atoms with Gasteiger partial charge in [0.2, 0.25) is 0 Å². The average Bonchev–Trinajstić information content (AvgIpc) is 2.17. The van der Waals surface area contributed by atoms with Crippen LogP contribution >= 0.6 is 0 Å². The molecule has 15 heavy (non-hydrogen) atoms. The Hall–Kier alpha value is -1.42. The molecule has 1 aliphatic rings. The molecule has 3 nitrogen and oxygen atoms in total. The molecule has 80 valence electrons. The molecule has 1 heterocycles. The van der Waals surface area contributed by atoms with Crippen LogP contribution < -0.4 is 5.73 Å². The van der Waals surface area contributed by atoms with Gasteiger partial charge in [-0.25, -0.2) is 4.39 Å². The van der Waals surface area contributed by atoms with Crippen LogP contribution in [0.1, 0.15) is 16.8 Å². The maximum atomic E-state index is 13.3. The Morgan fingerprint density at radius 2 is 2.27 bits per heavy atom. The molecule has 2 N–H and O–H groups in total. The quantitative estimate of drug-likeness (QED) is 0.788. The summed E-state index contributed by atoms with van der Waals surface area (Å²) in [5.74, 6) is -0.722. The van der Waals surface area contributed by atoms with Crippen molar-refractivity contribution in [2.45, 2.75) is 12.5 Å². The van der Waals surface area contributed by atoms with Gasteiger partial charge in [-0.2, -0.15) is 0 Å². The highest BCUT2D eigenvalue weighted by molar-refractivity contribution is 5.95. The minimum absolute atomic E-state index is 0.0807. The van der Waals surface area contributed by atoms with E-state index < -0.39 is 5.82 Å². The normalized spacial score (nSPS) is 19.9. The summed E-state index contributed by atoms with van der Waals surface area (Å²) in [5, 5.41) is 0. The zero-order chi connectivity index (χ0) is 10.8. The van der Waals surface area contributed by atoms with Crippen molar-refractivity contribution in [3.63, 3.8) is 0 Å². The lowest BCUT2D eigenvalue weighted by Crippen LogP contribution is -2.54. The summed E-state index contributed by atoms with van der Waals surface area (Å²) in [7, 11) is 0. The average molecular weight is 208 g/mol. The van der Waals surface area contributed by atoms with Gasteiger partial charge in [0.15, 0.2) is 0 Å². The van der Waals surface area contributed by atoms with Crippen LogP contribution in [0.15, 0.2) is 24.3 Å². The molecule has 1 aliphatic heterocycles. The zero-order valence-corrected chi connectivity index (χ0v) is 8.32. The molecular weight excluding hydrogens is 195 g/mol. The molecule has 2 rings (SSSR count). The maximum absolute atomic E-state index is 13.3. The molecule has 0 bridgehead atoms. The SMILES string of the molecule is NCC1CCN1C(=O)c1ccccc1F. The first-order chi connectivity index (χ1) is 7.24. The molecule has 1 unspecified atom stereocenters. The topological polar surface area (TPSA) is 46.3 Å². The highest BCUT2D eigenvalue weighted by Crippen LogP contribution is 2.20. The molecule has 1 aromatic rings. The minimum atomic E-state index is -0.467. The standard InChI is InChI=1S/C11H13FN2O/c12-10-4-2-1-3-9(10)11(15)14-6-5-8(14)7-13/h1-4,8H,5-7,13H2. The van der Waals surface area contributed by atoms with Gasteiger partial charge >= 0.3 is 0 Å². The highest BCUT2D eigenvalue weighted by Gasteiger charge is 2.32. The van der Waals surface area contributed by atoms with Gasteiger partial charge in [-0.1, -0.05) is 12.1 Å².